The van der Waals surface area contributed by atoms with Gasteiger partial charge < -0.3 is 15.0 Å². The molecule has 1 fully saturated rings. The standard InChI is InChI=1S/C15H22F2N2O/c1-11-9-13(7-8-19(11)2)18-10-12-5-3-4-6-14(12)20-15(16)17/h3-6,11,13,15,18H,7-10H2,1-2H3. The van der Waals surface area contributed by atoms with Crippen LogP contribution < -0.4 is 10.1 Å². The van der Waals surface area contributed by atoms with Crippen molar-refractivity contribution in [2.24, 2.45) is 0 Å². The largest absolute Gasteiger partial charge is 0.434 e. The number of alkyl halides is 2. The monoisotopic (exact) mass is 284 g/mol. The first-order chi connectivity index (χ1) is 9.56. The Hall–Kier alpha value is -1.20. The molecule has 0 aromatic heterocycles. The van der Waals surface area contributed by atoms with Gasteiger partial charge in [0, 0.05) is 24.2 Å². The molecular weight excluding hydrogens is 262 g/mol. The predicted octanol–water partition coefficient (Wildman–Crippen LogP) is 2.86. The number of likely N-dealkylation sites (tertiary alicyclic amines) is 1. The van der Waals surface area contributed by atoms with Crippen molar-refractivity contribution >= 4 is 0 Å². The SMILES string of the molecule is CC1CC(NCc2ccccc2OC(F)F)CCN1C. The molecular formula is C15H22F2N2O. The van der Waals surface area contributed by atoms with Crippen LogP contribution in [0.15, 0.2) is 24.3 Å². The van der Waals surface area contributed by atoms with Crippen molar-refractivity contribution in [3.63, 3.8) is 0 Å². The second-order valence-corrected chi connectivity index (χ2v) is 5.42. The smallest absolute Gasteiger partial charge is 0.387 e. The summed E-state index contributed by atoms with van der Waals surface area (Å²) in [5.74, 6) is 0.260. The van der Waals surface area contributed by atoms with E-state index in [-0.39, 0.29) is 5.75 Å². The number of ether oxygens (including phenoxy) is 1. The number of nitrogens with one attached hydrogen (secondary N) is 1. The predicted molar refractivity (Wildman–Crippen MR) is 75.0 cm³/mol. The normalized spacial score (nSPS) is 24.1. The van der Waals surface area contributed by atoms with E-state index in [1.807, 2.05) is 12.1 Å². The molecule has 1 saturated heterocycles. The van der Waals surface area contributed by atoms with Crippen molar-refractivity contribution in [1.82, 2.24) is 10.2 Å². The van der Waals surface area contributed by atoms with Crippen LogP contribution in [-0.4, -0.2) is 37.2 Å². The molecule has 0 radical (unpaired) electrons. The minimum Gasteiger partial charge on any atom is -0.434 e. The maximum absolute atomic E-state index is 12.3. The van der Waals surface area contributed by atoms with Crippen molar-refractivity contribution in [3.05, 3.63) is 29.8 Å². The number of rotatable bonds is 5. The summed E-state index contributed by atoms with van der Waals surface area (Å²) in [6.07, 6.45) is 2.16. The van der Waals surface area contributed by atoms with E-state index in [0.717, 1.165) is 24.9 Å². The highest BCUT2D eigenvalue weighted by molar-refractivity contribution is 5.33. The Morgan fingerprint density at radius 3 is 2.85 bits per heavy atom. The summed E-state index contributed by atoms with van der Waals surface area (Å²) < 4.78 is 29.2. The summed E-state index contributed by atoms with van der Waals surface area (Å²) in [6.45, 7) is 1.05. The van der Waals surface area contributed by atoms with Crippen LogP contribution in [0.25, 0.3) is 0 Å². The van der Waals surface area contributed by atoms with Gasteiger partial charge in [0.25, 0.3) is 0 Å². The summed E-state index contributed by atoms with van der Waals surface area (Å²) >= 11 is 0. The van der Waals surface area contributed by atoms with Crippen molar-refractivity contribution < 1.29 is 13.5 Å². The maximum atomic E-state index is 12.3. The van der Waals surface area contributed by atoms with Gasteiger partial charge in [-0.25, -0.2) is 0 Å². The zero-order valence-electron chi connectivity index (χ0n) is 12.0. The van der Waals surface area contributed by atoms with Crippen LogP contribution in [0, 0.1) is 0 Å². The van der Waals surface area contributed by atoms with Gasteiger partial charge in [-0.1, -0.05) is 18.2 Å². The molecule has 5 heteroatoms. The molecule has 1 aliphatic heterocycles. The molecule has 1 aromatic rings. The molecule has 2 atom stereocenters. The average Bonchev–Trinajstić information content (AvgIpc) is 2.41. The number of benzene rings is 1. The van der Waals surface area contributed by atoms with Crippen LogP contribution in [-0.2, 0) is 6.54 Å². The van der Waals surface area contributed by atoms with Crippen molar-refractivity contribution in [2.75, 3.05) is 13.6 Å². The molecule has 0 aliphatic carbocycles. The van der Waals surface area contributed by atoms with E-state index in [4.69, 9.17) is 0 Å². The molecule has 20 heavy (non-hydrogen) atoms. The van der Waals surface area contributed by atoms with Crippen LogP contribution in [0.2, 0.25) is 0 Å². The fourth-order valence-electron chi connectivity index (χ4n) is 2.59. The Labute approximate surface area is 118 Å². The lowest BCUT2D eigenvalue weighted by Crippen LogP contribution is -2.45. The molecule has 0 bridgehead atoms. The first-order valence-corrected chi connectivity index (χ1v) is 7.02. The molecule has 112 valence electrons. The number of halogens is 2. The molecule has 1 aliphatic rings. The fraction of sp³-hybridized carbons (Fsp3) is 0.600. The fourth-order valence-corrected chi connectivity index (χ4v) is 2.59. The first-order valence-electron chi connectivity index (χ1n) is 7.02. The molecule has 2 rings (SSSR count). The lowest BCUT2D eigenvalue weighted by atomic mass is 9.98. The molecule has 2 unspecified atom stereocenters. The summed E-state index contributed by atoms with van der Waals surface area (Å²) in [5, 5.41) is 3.45. The summed E-state index contributed by atoms with van der Waals surface area (Å²) in [7, 11) is 2.13. The highest BCUT2D eigenvalue weighted by atomic mass is 19.3. The van der Waals surface area contributed by atoms with E-state index in [9.17, 15) is 8.78 Å². The Bertz CT molecular complexity index is 428. The molecule has 1 N–H and O–H groups in total. The number of piperidine rings is 1. The highest BCUT2D eigenvalue weighted by Gasteiger charge is 2.22. The Morgan fingerprint density at radius 1 is 1.40 bits per heavy atom. The quantitative estimate of drug-likeness (QED) is 0.900. The summed E-state index contributed by atoms with van der Waals surface area (Å²) in [6, 6.07) is 7.93. The topological polar surface area (TPSA) is 24.5 Å². The highest BCUT2D eigenvalue weighted by Crippen LogP contribution is 2.21. The molecule has 0 saturated carbocycles. The van der Waals surface area contributed by atoms with Gasteiger partial charge in [0.15, 0.2) is 0 Å². The first kappa shape index (κ1) is 15.2. The van der Waals surface area contributed by atoms with E-state index in [2.05, 4.69) is 28.9 Å². The zero-order valence-corrected chi connectivity index (χ0v) is 12.0. The van der Waals surface area contributed by atoms with Crippen LogP contribution >= 0.6 is 0 Å². The van der Waals surface area contributed by atoms with E-state index >= 15 is 0 Å². The maximum Gasteiger partial charge on any atom is 0.387 e. The minimum atomic E-state index is -2.78. The lowest BCUT2D eigenvalue weighted by Gasteiger charge is -2.35. The second kappa shape index (κ2) is 6.99. The molecule has 0 spiro atoms. The zero-order chi connectivity index (χ0) is 14.5. The van der Waals surface area contributed by atoms with Crippen LogP contribution in [0.1, 0.15) is 25.3 Å². The number of hydrogen-bond acceptors (Lipinski definition) is 3. The van der Waals surface area contributed by atoms with Gasteiger partial charge in [0.1, 0.15) is 5.75 Å². The van der Waals surface area contributed by atoms with E-state index in [0.29, 0.717) is 18.6 Å². The van der Waals surface area contributed by atoms with Gasteiger partial charge in [0.05, 0.1) is 0 Å². The summed E-state index contributed by atoms with van der Waals surface area (Å²) in [5.41, 5.74) is 0.777. The molecule has 1 aromatic carbocycles. The van der Waals surface area contributed by atoms with Gasteiger partial charge >= 0.3 is 6.61 Å². The number of hydrogen-bond donors (Lipinski definition) is 1. The third-order valence-corrected chi connectivity index (χ3v) is 3.98. The number of para-hydroxylation sites is 1. The average molecular weight is 284 g/mol. The third-order valence-electron chi connectivity index (χ3n) is 3.98. The van der Waals surface area contributed by atoms with Gasteiger partial charge in [-0.2, -0.15) is 8.78 Å². The Balaban J connectivity index is 1.90. The molecule has 0 amide bonds. The molecule has 3 nitrogen and oxygen atoms in total. The van der Waals surface area contributed by atoms with E-state index in [1.165, 1.54) is 0 Å². The summed E-state index contributed by atoms with van der Waals surface area (Å²) in [4.78, 5) is 2.34. The Morgan fingerprint density at radius 2 is 2.15 bits per heavy atom. The molecule has 1 heterocycles. The van der Waals surface area contributed by atoms with Crippen LogP contribution in [0.5, 0.6) is 5.75 Å². The van der Waals surface area contributed by atoms with E-state index < -0.39 is 6.61 Å². The minimum absolute atomic E-state index is 0.260. The van der Waals surface area contributed by atoms with Crippen molar-refractivity contribution in [1.29, 1.82) is 0 Å². The van der Waals surface area contributed by atoms with Crippen molar-refractivity contribution in [3.8, 4) is 5.75 Å². The van der Waals surface area contributed by atoms with Crippen LogP contribution in [0.3, 0.4) is 0 Å². The van der Waals surface area contributed by atoms with Gasteiger partial charge in [0.2, 0.25) is 0 Å². The van der Waals surface area contributed by atoms with Gasteiger partial charge in [-0.05, 0) is 39.4 Å². The Kier molecular flexibility index (Phi) is 5.31. The van der Waals surface area contributed by atoms with Crippen LogP contribution in [0.4, 0.5) is 8.78 Å². The van der Waals surface area contributed by atoms with Gasteiger partial charge in [-0.15, -0.1) is 0 Å². The van der Waals surface area contributed by atoms with Crippen molar-refractivity contribution in [2.45, 2.75) is 45.0 Å². The number of nitrogens with zero attached hydrogens (tertiary/aromatic N) is 1. The second-order valence-electron chi connectivity index (χ2n) is 5.42. The van der Waals surface area contributed by atoms with Gasteiger partial charge in [-0.3, -0.25) is 0 Å². The lowest BCUT2D eigenvalue weighted by molar-refractivity contribution is -0.0505. The third kappa shape index (κ3) is 4.15. The van der Waals surface area contributed by atoms with E-state index in [1.54, 1.807) is 12.1 Å².